The standard InChI is InChI=1S/C22H13ClN8O2/c23-13-8-6-11(7-9-13)15-16-19(25-20-17(15)22(33)31-28-20)27-30-21(16)29-26-14(10-24)18(32)12-4-2-1-3-5-12/h1-9,16H,(H,29,30)(H,31,33)(H,25,27,28)/b26-14+. The van der Waals surface area contributed by atoms with Gasteiger partial charge in [-0.15, -0.1) is 10.2 Å². The van der Waals surface area contributed by atoms with Gasteiger partial charge in [-0.1, -0.05) is 54.1 Å². The Labute approximate surface area is 190 Å². The molecule has 1 unspecified atom stereocenters. The molecule has 1 aromatic heterocycles. The molecule has 3 N–H and O–H groups in total. The third-order valence-electron chi connectivity index (χ3n) is 5.13. The maximum atomic E-state index is 12.6. The number of H-pyrrole nitrogens is 2. The zero-order valence-electron chi connectivity index (χ0n) is 16.7. The first kappa shape index (κ1) is 20.3. The number of benzene rings is 2. The lowest BCUT2D eigenvalue weighted by molar-refractivity contribution is 0.106. The van der Waals surface area contributed by atoms with Crippen LogP contribution in [0.4, 0.5) is 0 Å². The van der Waals surface area contributed by atoms with Gasteiger partial charge in [-0.3, -0.25) is 25.2 Å². The van der Waals surface area contributed by atoms with Crippen LogP contribution in [0.5, 0.6) is 0 Å². The van der Waals surface area contributed by atoms with Crippen molar-refractivity contribution in [2.24, 2.45) is 26.2 Å². The minimum Gasteiger partial charge on any atom is -0.286 e. The first-order chi connectivity index (χ1) is 16.1. The Kier molecular flexibility index (Phi) is 5.01. The monoisotopic (exact) mass is 456 g/mol. The second-order valence-corrected chi connectivity index (χ2v) is 7.53. The smallest absolute Gasteiger partial charge is 0.273 e. The van der Waals surface area contributed by atoms with Crippen molar-refractivity contribution in [2.75, 3.05) is 0 Å². The molecule has 11 heteroatoms. The van der Waals surface area contributed by atoms with Gasteiger partial charge in [0.1, 0.15) is 12.0 Å². The maximum absolute atomic E-state index is 12.6. The van der Waals surface area contributed by atoms with E-state index in [9.17, 15) is 14.9 Å². The topological polar surface area (TPSA) is 151 Å². The summed E-state index contributed by atoms with van der Waals surface area (Å²) < 4.78 is 0. The van der Waals surface area contributed by atoms with E-state index in [1.807, 2.05) is 0 Å². The van der Waals surface area contributed by atoms with E-state index in [4.69, 9.17) is 11.6 Å². The van der Waals surface area contributed by atoms with Crippen molar-refractivity contribution in [3.05, 3.63) is 91.8 Å². The molecule has 1 atom stereocenters. The summed E-state index contributed by atoms with van der Waals surface area (Å²) in [7, 11) is 0. The molecule has 0 radical (unpaired) electrons. The average molecular weight is 457 g/mol. The number of hydrogen-bond donors (Lipinski definition) is 3. The van der Waals surface area contributed by atoms with Gasteiger partial charge in [0.2, 0.25) is 11.5 Å². The van der Waals surface area contributed by atoms with E-state index in [0.29, 0.717) is 38.3 Å². The number of ketones is 1. The van der Waals surface area contributed by atoms with Gasteiger partial charge < -0.3 is 0 Å². The minimum absolute atomic E-state index is 0.221. The lowest BCUT2D eigenvalue weighted by atomic mass is 9.88. The number of hydrazone groups is 1. The van der Waals surface area contributed by atoms with Crippen molar-refractivity contribution in [3.8, 4) is 6.07 Å². The largest absolute Gasteiger partial charge is 0.286 e. The van der Waals surface area contributed by atoms with Crippen LogP contribution in [0.3, 0.4) is 0 Å². The van der Waals surface area contributed by atoms with Crippen molar-refractivity contribution in [3.63, 3.8) is 0 Å². The third-order valence-corrected chi connectivity index (χ3v) is 5.38. The number of nitrogens with one attached hydrogen (secondary N) is 3. The Morgan fingerprint density at radius 2 is 1.85 bits per heavy atom. The Morgan fingerprint density at radius 3 is 2.58 bits per heavy atom. The van der Waals surface area contributed by atoms with Crippen LogP contribution >= 0.6 is 11.6 Å². The summed E-state index contributed by atoms with van der Waals surface area (Å²) in [6.07, 6.45) is 0. The molecule has 0 saturated carbocycles. The number of hydrogen-bond acceptors (Lipinski definition) is 7. The van der Waals surface area contributed by atoms with E-state index in [1.165, 1.54) is 0 Å². The van der Waals surface area contributed by atoms with Crippen LogP contribution in [-0.2, 0) is 0 Å². The first-order valence-electron chi connectivity index (χ1n) is 9.71. The fraction of sp³-hybridized carbons (Fsp3) is 0.0455. The summed E-state index contributed by atoms with van der Waals surface area (Å²) in [5, 5.41) is 27.8. The van der Waals surface area contributed by atoms with Crippen LogP contribution < -0.4 is 21.7 Å². The van der Waals surface area contributed by atoms with Gasteiger partial charge >= 0.3 is 0 Å². The van der Waals surface area contributed by atoms with Gasteiger partial charge in [0.05, 0.1) is 5.22 Å². The Morgan fingerprint density at radius 1 is 1.09 bits per heavy atom. The molecule has 0 amide bonds. The molecule has 0 bridgehead atoms. The number of aromatic nitrogens is 2. The van der Waals surface area contributed by atoms with Crippen LogP contribution in [0.1, 0.15) is 15.9 Å². The predicted octanol–water partition coefficient (Wildman–Crippen LogP) is 0.882. The molecule has 2 aromatic carbocycles. The van der Waals surface area contributed by atoms with Gasteiger partial charge in [-0.05, 0) is 23.3 Å². The fourth-order valence-corrected chi connectivity index (χ4v) is 3.76. The average Bonchev–Trinajstić information content (AvgIpc) is 3.42. The number of Topliss-reactive ketones (excluding diaryl/α,β-unsaturated/α-hetero) is 1. The summed E-state index contributed by atoms with van der Waals surface area (Å²) in [5.41, 5.74) is 3.96. The number of aromatic amines is 2. The lowest BCUT2D eigenvalue weighted by Gasteiger charge is -2.17. The molecule has 3 aromatic rings. The van der Waals surface area contributed by atoms with Crippen LogP contribution in [0.15, 0.2) is 79.7 Å². The number of carbonyl (C=O) groups is 1. The molecule has 33 heavy (non-hydrogen) atoms. The fourth-order valence-electron chi connectivity index (χ4n) is 3.63. The molecule has 0 saturated heterocycles. The van der Waals surface area contributed by atoms with Crippen LogP contribution in [0.2, 0.25) is 5.02 Å². The van der Waals surface area contributed by atoms with Crippen LogP contribution in [0.25, 0.3) is 5.57 Å². The SMILES string of the molecule is N#C/C(=N\N=C1/NN=C2N=c3[nH][nH]c(=O)c3=C(c3ccc(Cl)cc3)C21)C(=O)c1ccccc1. The molecule has 0 spiro atoms. The molecule has 0 fully saturated rings. The number of nitrogens with zero attached hydrogens (tertiary/aromatic N) is 5. The number of nitriles is 1. The number of carbonyl (C=O) groups excluding carboxylic acids is 1. The molecule has 2 aliphatic heterocycles. The summed E-state index contributed by atoms with van der Waals surface area (Å²) in [6, 6.07) is 17.1. The highest BCUT2D eigenvalue weighted by molar-refractivity contribution is 6.51. The zero-order valence-corrected chi connectivity index (χ0v) is 17.5. The Bertz CT molecular complexity index is 1590. The summed E-state index contributed by atoms with van der Waals surface area (Å²) >= 11 is 6.04. The number of fused-ring (bicyclic) bond motifs is 2. The first-order valence-corrected chi connectivity index (χ1v) is 10.1. The highest BCUT2D eigenvalue weighted by Crippen LogP contribution is 2.28. The predicted molar refractivity (Wildman–Crippen MR) is 121 cm³/mol. The highest BCUT2D eigenvalue weighted by atomic mass is 35.5. The third kappa shape index (κ3) is 3.56. The van der Waals surface area contributed by atoms with E-state index in [1.54, 1.807) is 60.7 Å². The molecular formula is C22H13ClN8O2. The van der Waals surface area contributed by atoms with Crippen LogP contribution in [-0.4, -0.2) is 33.4 Å². The van der Waals surface area contributed by atoms with Gasteiger partial charge in [-0.2, -0.15) is 10.4 Å². The number of rotatable bonds is 4. The molecular weight excluding hydrogens is 444 g/mol. The van der Waals surface area contributed by atoms with Crippen molar-refractivity contribution in [1.29, 1.82) is 5.26 Å². The molecule has 3 heterocycles. The quantitative estimate of drug-likeness (QED) is 0.303. The Balaban J connectivity index is 1.63. The molecule has 10 nitrogen and oxygen atoms in total. The van der Waals surface area contributed by atoms with E-state index in [2.05, 4.69) is 35.9 Å². The summed E-state index contributed by atoms with van der Waals surface area (Å²) in [6.45, 7) is 0. The van der Waals surface area contributed by atoms with Gasteiger partial charge in [0.25, 0.3) is 5.56 Å². The summed E-state index contributed by atoms with van der Waals surface area (Å²) in [4.78, 5) is 29.6. The van der Waals surface area contributed by atoms with E-state index >= 15 is 0 Å². The highest BCUT2D eigenvalue weighted by Gasteiger charge is 2.36. The van der Waals surface area contributed by atoms with Crippen molar-refractivity contribution >= 4 is 40.3 Å². The van der Waals surface area contributed by atoms with Crippen molar-refractivity contribution in [2.45, 2.75) is 0 Å². The second kappa shape index (κ2) is 8.14. The lowest BCUT2D eigenvalue weighted by Crippen LogP contribution is -2.44. The van der Waals surface area contributed by atoms with E-state index < -0.39 is 11.7 Å². The van der Waals surface area contributed by atoms with E-state index in [-0.39, 0.29) is 17.1 Å². The molecule has 5 rings (SSSR count). The normalized spacial score (nSPS) is 18.0. The number of halogens is 1. The van der Waals surface area contributed by atoms with Gasteiger partial charge in [0.15, 0.2) is 17.2 Å². The number of amidine groups is 2. The maximum Gasteiger partial charge on any atom is 0.273 e. The van der Waals surface area contributed by atoms with Gasteiger partial charge in [-0.25, -0.2) is 4.99 Å². The molecule has 0 aliphatic carbocycles. The van der Waals surface area contributed by atoms with Crippen molar-refractivity contribution in [1.82, 2.24) is 15.6 Å². The minimum atomic E-state index is -0.661. The van der Waals surface area contributed by atoms with Gasteiger partial charge in [0, 0.05) is 10.6 Å². The molecule has 160 valence electrons. The molecule has 2 aliphatic rings. The van der Waals surface area contributed by atoms with Crippen molar-refractivity contribution < 1.29 is 4.79 Å². The van der Waals surface area contributed by atoms with Crippen LogP contribution in [0, 0.1) is 17.2 Å². The Hall–Kier alpha value is -4.62. The van der Waals surface area contributed by atoms with E-state index in [0.717, 1.165) is 0 Å². The second-order valence-electron chi connectivity index (χ2n) is 7.09. The zero-order chi connectivity index (χ0) is 22.9. The summed E-state index contributed by atoms with van der Waals surface area (Å²) in [5.74, 6) is -0.643.